The monoisotopic (exact) mass is 234 g/mol. The van der Waals surface area contributed by atoms with E-state index in [1.165, 1.54) is 5.56 Å². The SMILES string of the molecule is CCCC(N)C(=O)N(C)CCc1ccccc1. The van der Waals surface area contributed by atoms with Crippen molar-refractivity contribution in [2.45, 2.75) is 32.2 Å². The number of likely N-dealkylation sites (N-methyl/N-ethyl adjacent to an activating group) is 1. The zero-order valence-corrected chi connectivity index (χ0v) is 10.7. The Labute approximate surface area is 104 Å². The van der Waals surface area contributed by atoms with Gasteiger partial charge in [0, 0.05) is 13.6 Å². The third-order valence-electron chi connectivity index (χ3n) is 2.87. The van der Waals surface area contributed by atoms with Crippen LogP contribution in [0.3, 0.4) is 0 Å². The van der Waals surface area contributed by atoms with Crippen LogP contribution in [-0.2, 0) is 11.2 Å². The first-order chi connectivity index (χ1) is 8.15. The van der Waals surface area contributed by atoms with Crippen molar-refractivity contribution >= 4 is 5.91 Å². The van der Waals surface area contributed by atoms with Crippen molar-refractivity contribution in [1.29, 1.82) is 0 Å². The topological polar surface area (TPSA) is 46.3 Å². The van der Waals surface area contributed by atoms with Crippen LogP contribution < -0.4 is 5.73 Å². The highest BCUT2D eigenvalue weighted by molar-refractivity contribution is 5.81. The summed E-state index contributed by atoms with van der Waals surface area (Å²) in [5.41, 5.74) is 7.05. The molecule has 17 heavy (non-hydrogen) atoms. The lowest BCUT2D eigenvalue weighted by Crippen LogP contribution is -2.42. The lowest BCUT2D eigenvalue weighted by molar-refractivity contribution is -0.131. The third kappa shape index (κ3) is 4.57. The molecule has 0 fully saturated rings. The Morgan fingerprint density at radius 2 is 2.00 bits per heavy atom. The van der Waals surface area contributed by atoms with Crippen molar-refractivity contribution in [2.24, 2.45) is 5.73 Å². The number of hydrogen-bond donors (Lipinski definition) is 1. The average molecular weight is 234 g/mol. The molecule has 0 spiro atoms. The van der Waals surface area contributed by atoms with E-state index in [1.807, 2.05) is 32.2 Å². The normalized spacial score (nSPS) is 12.2. The smallest absolute Gasteiger partial charge is 0.239 e. The highest BCUT2D eigenvalue weighted by Crippen LogP contribution is 2.03. The summed E-state index contributed by atoms with van der Waals surface area (Å²) in [5, 5.41) is 0. The van der Waals surface area contributed by atoms with E-state index < -0.39 is 0 Å². The van der Waals surface area contributed by atoms with Crippen LogP contribution in [0.2, 0.25) is 0 Å². The van der Waals surface area contributed by atoms with E-state index in [9.17, 15) is 4.79 Å². The molecule has 0 aliphatic rings. The average Bonchev–Trinajstić information content (AvgIpc) is 2.36. The fourth-order valence-corrected chi connectivity index (χ4v) is 1.77. The van der Waals surface area contributed by atoms with Gasteiger partial charge in [0.1, 0.15) is 0 Å². The Morgan fingerprint density at radius 1 is 1.35 bits per heavy atom. The quantitative estimate of drug-likeness (QED) is 0.816. The maximum atomic E-state index is 11.9. The summed E-state index contributed by atoms with van der Waals surface area (Å²) in [5.74, 6) is 0.0442. The first-order valence-corrected chi connectivity index (χ1v) is 6.19. The first kappa shape index (κ1) is 13.7. The van der Waals surface area contributed by atoms with Gasteiger partial charge in [0.25, 0.3) is 0 Å². The molecule has 0 bridgehead atoms. The molecule has 94 valence electrons. The minimum Gasteiger partial charge on any atom is -0.344 e. The highest BCUT2D eigenvalue weighted by atomic mass is 16.2. The lowest BCUT2D eigenvalue weighted by Gasteiger charge is -2.21. The molecule has 0 saturated carbocycles. The van der Waals surface area contributed by atoms with Crippen molar-refractivity contribution < 1.29 is 4.79 Å². The van der Waals surface area contributed by atoms with Crippen molar-refractivity contribution in [2.75, 3.05) is 13.6 Å². The van der Waals surface area contributed by atoms with E-state index in [-0.39, 0.29) is 11.9 Å². The molecular weight excluding hydrogens is 212 g/mol. The summed E-state index contributed by atoms with van der Waals surface area (Å²) in [6.07, 6.45) is 2.58. The van der Waals surface area contributed by atoms with Crippen LogP contribution in [0.4, 0.5) is 0 Å². The molecule has 1 rings (SSSR count). The number of amides is 1. The second-order valence-corrected chi connectivity index (χ2v) is 4.39. The number of nitrogens with two attached hydrogens (primary N) is 1. The molecule has 1 amide bonds. The van der Waals surface area contributed by atoms with Gasteiger partial charge in [0.05, 0.1) is 6.04 Å². The molecule has 0 aromatic heterocycles. The zero-order valence-electron chi connectivity index (χ0n) is 10.7. The van der Waals surface area contributed by atoms with Crippen LogP contribution in [0.5, 0.6) is 0 Å². The van der Waals surface area contributed by atoms with Crippen LogP contribution in [-0.4, -0.2) is 30.4 Å². The first-order valence-electron chi connectivity index (χ1n) is 6.19. The van der Waals surface area contributed by atoms with Crippen molar-refractivity contribution in [1.82, 2.24) is 4.90 Å². The Balaban J connectivity index is 2.39. The molecule has 0 aliphatic heterocycles. The Hall–Kier alpha value is -1.35. The standard InChI is InChI=1S/C14H22N2O/c1-3-7-13(15)14(17)16(2)11-10-12-8-5-4-6-9-12/h4-6,8-9,13H,3,7,10-11,15H2,1-2H3. The van der Waals surface area contributed by atoms with Gasteiger partial charge in [-0.3, -0.25) is 4.79 Å². The van der Waals surface area contributed by atoms with Crippen molar-refractivity contribution in [3.05, 3.63) is 35.9 Å². The molecule has 1 aromatic carbocycles. The van der Waals surface area contributed by atoms with Crippen LogP contribution in [0.15, 0.2) is 30.3 Å². The van der Waals surface area contributed by atoms with E-state index in [4.69, 9.17) is 5.73 Å². The van der Waals surface area contributed by atoms with Gasteiger partial charge in [-0.1, -0.05) is 43.7 Å². The summed E-state index contributed by atoms with van der Waals surface area (Å²) in [6.45, 7) is 2.76. The maximum Gasteiger partial charge on any atom is 0.239 e. The van der Waals surface area contributed by atoms with E-state index in [1.54, 1.807) is 4.90 Å². The molecule has 1 unspecified atom stereocenters. The molecule has 1 aromatic rings. The molecule has 2 N–H and O–H groups in total. The number of benzene rings is 1. The van der Waals surface area contributed by atoms with E-state index in [0.717, 1.165) is 25.8 Å². The Morgan fingerprint density at radius 3 is 2.59 bits per heavy atom. The predicted molar refractivity (Wildman–Crippen MR) is 70.7 cm³/mol. The van der Waals surface area contributed by atoms with Gasteiger partial charge in [-0.05, 0) is 18.4 Å². The molecular formula is C14H22N2O. The largest absolute Gasteiger partial charge is 0.344 e. The summed E-state index contributed by atoms with van der Waals surface area (Å²) in [4.78, 5) is 13.6. The molecule has 0 aliphatic carbocycles. The number of carbonyl (C=O) groups excluding carboxylic acids is 1. The highest BCUT2D eigenvalue weighted by Gasteiger charge is 2.16. The summed E-state index contributed by atoms with van der Waals surface area (Å²) < 4.78 is 0. The summed E-state index contributed by atoms with van der Waals surface area (Å²) in [6, 6.07) is 9.82. The fourth-order valence-electron chi connectivity index (χ4n) is 1.77. The molecule has 0 saturated heterocycles. The van der Waals surface area contributed by atoms with Crippen LogP contribution >= 0.6 is 0 Å². The zero-order chi connectivity index (χ0) is 12.7. The minimum absolute atomic E-state index is 0.0442. The fraction of sp³-hybridized carbons (Fsp3) is 0.500. The van der Waals surface area contributed by atoms with Crippen molar-refractivity contribution in [3.8, 4) is 0 Å². The maximum absolute atomic E-state index is 11.9. The number of hydrogen-bond acceptors (Lipinski definition) is 2. The van der Waals surface area contributed by atoms with Gasteiger partial charge in [0.2, 0.25) is 5.91 Å². The van der Waals surface area contributed by atoms with Gasteiger partial charge >= 0.3 is 0 Å². The lowest BCUT2D eigenvalue weighted by atomic mass is 10.1. The van der Waals surface area contributed by atoms with Gasteiger partial charge in [0.15, 0.2) is 0 Å². The Kier molecular flexibility index (Phi) is 5.70. The predicted octanol–water partition coefficient (Wildman–Crippen LogP) is 1.81. The summed E-state index contributed by atoms with van der Waals surface area (Å²) >= 11 is 0. The van der Waals surface area contributed by atoms with Crippen molar-refractivity contribution in [3.63, 3.8) is 0 Å². The number of carbonyl (C=O) groups is 1. The van der Waals surface area contributed by atoms with Gasteiger partial charge in [-0.2, -0.15) is 0 Å². The number of nitrogens with zero attached hydrogens (tertiary/aromatic N) is 1. The molecule has 0 heterocycles. The van der Waals surface area contributed by atoms with Gasteiger partial charge in [-0.15, -0.1) is 0 Å². The van der Waals surface area contributed by atoms with Gasteiger partial charge in [-0.25, -0.2) is 0 Å². The molecule has 0 radical (unpaired) electrons. The third-order valence-corrected chi connectivity index (χ3v) is 2.87. The summed E-state index contributed by atoms with van der Waals surface area (Å²) in [7, 11) is 1.82. The van der Waals surface area contributed by atoms with Crippen LogP contribution in [0.1, 0.15) is 25.3 Å². The van der Waals surface area contributed by atoms with Crippen LogP contribution in [0.25, 0.3) is 0 Å². The van der Waals surface area contributed by atoms with E-state index >= 15 is 0 Å². The van der Waals surface area contributed by atoms with E-state index in [2.05, 4.69) is 12.1 Å². The van der Waals surface area contributed by atoms with E-state index in [0.29, 0.717) is 0 Å². The van der Waals surface area contributed by atoms with Gasteiger partial charge < -0.3 is 10.6 Å². The molecule has 3 heteroatoms. The second kappa shape index (κ2) is 7.07. The number of rotatable bonds is 6. The molecule has 3 nitrogen and oxygen atoms in total. The molecule has 1 atom stereocenters. The second-order valence-electron chi connectivity index (χ2n) is 4.39. The van der Waals surface area contributed by atoms with Crippen LogP contribution in [0, 0.1) is 0 Å². The Bertz CT molecular complexity index is 337. The minimum atomic E-state index is -0.347.